The molecule has 6 nitrogen and oxygen atoms in total. The summed E-state index contributed by atoms with van der Waals surface area (Å²) in [6.07, 6.45) is 2.64. The van der Waals surface area contributed by atoms with Crippen molar-refractivity contribution in [2.75, 3.05) is 38.2 Å². The van der Waals surface area contributed by atoms with E-state index in [0.717, 1.165) is 25.9 Å². The molecule has 0 spiro atoms. The molecule has 2 aromatic carbocycles. The maximum atomic E-state index is 14.2. The maximum absolute atomic E-state index is 14.2. The topological polar surface area (TPSA) is 67.9 Å². The van der Waals surface area contributed by atoms with Crippen molar-refractivity contribution in [2.45, 2.75) is 19.3 Å². The van der Waals surface area contributed by atoms with E-state index < -0.39 is 11.6 Å². The Balaban J connectivity index is 1.60. The summed E-state index contributed by atoms with van der Waals surface area (Å²) in [6.45, 7) is 3.44. The molecule has 2 aromatic rings. The lowest BCUT2D eigenvalue weighted by molar-refractivity contribution is -0.116. The number of benzene rings is 2. The van der Waals surface area contributed by atoms with Crippen molar-refractivity contribution in [1.82, 2.24) is 4.90 Å². The second-order valence-electron chi connectivity index (χ2n) is 7.20. The SMILES string of the molecule is O=C(CCN1CCCC1)Nc1cc2c(cc1C(=O)c1ccccc1F)OCCO2. The van der Waals surface area contributed by atoms with Crippen LogP contribution in [0.3, 0.4) is 0 Å². The van der Waals surface area contributed by atoms with Gasteiger partial charge in [-0.15, -0.1) is 0 Å². The van der Waals surface area contributed by atoms with Crippen LogP contribution < -0.4 is 14.8 Å². The van der Waals surface area contributed by atoms with Crippen LogP contribution in [0.25, 0.3) is 0 Å². The van der Waals surface area contributed by atoms with Crippen molar-refractivity contribution < 1.29 is 23.5 Å². The van der Waals surface area contributed by atoms with Crippen LogP contribution in [0.15, 0.2) is 36.4 Å². The summed E-state index contributed by atoms with van der Waals surface area (Å²) in [5.41, 5.74) is 0.416. The molecular formula is C22H23FN2O4. The summed E-state index contributed by atoms with van der Waals surface area (Å²) in [5, 5.41) is 2.81. The zero-order valence-corrected chi connectivity index (χ0v) is 16.1. The van der Waals surface area contributed by atoms with E-state index in [2.05, 4.69) is 10.2 Å². The van der Waals surface area contributed by atoms with Crippen molar-refractivity contribution in [1.29, 1.82) is 0 Å². The Morgan fingerprint density at radius 1 is 1.00 bits per heavy atom. The summed E-state index contributed by atoms with van der Waals surface area (Å²) in [6, 6.07) is 8.88. The predicted molar refractivity (Wildman–Crippen MR) is 106 cm³/mol. The number of ketones is 1. The molecule has 1 saturated heterocycles. The molecule has 0 aliphatic carbocycles. The molecule has 0 atom stereocenters. The first-order valence-electron chi connectivity index (χ1n) is 9.87. The first-order valence-corrected chi connectivity index (χ1v) is 9.87. The molecule has 0 saturated carbocycles. The molecule has 1 N–H and O–H groups in total. The van der Waals surface area contributed by atoms with Gasteiger partial charge in [0, 0.05) is 19.0 Å². The lowest BCUT2D eigenvalue weighted by Gasteiger charge is -2.21. The summed E-state index contributed by atoms with van der Waals surface area (Å²) >= 11 is 0. The standard InChI is InChI=1S/C22H23FN2O4/c23-17-6-2-1-5-15(17)22(27)16-13-19-20(29-12-11-28-19)14-18(16)24-21(26)7-10-25-8-3-4-9-25/h1-2,5-6,13-14H,3-4,7-12H2,(H,24,26). The van der Waals surface area contributed by atoms with Crippen molar-refractivity contribution in [3.8, 4) is 11.5 Å². The average molecular weight is 398 g/mol. The van der Waals surface area contributed by atoms with Gasteiger partial charge in [0.2, 0.25) is 5.91 Å². The van der Waals surface area contributed by atoms with E-state index in [9.17, 15) is 14.0 Å². The molecular weight excluding hydrogens is 375 g/mol. The van der Waals surface area contributed by atoms with Gasteiger partial charge in [0.25, 0.3) is 0 Å². The number of nitrogens with one attached hydrogen (secondary N) is 1. The predicted octanol–water partition coefficient (Wildman–Crippen LogP) is 3.25. The van der Waals surface area contributed by atoms with Crippen molar-refractivity contribution in [3.63, 3.8) is 0 Å². The molecule has 152 valence electrons. The summed E-state index contributed by atoms with van der Waals surface area (Å²) in [5.74, 6) is -0.466. The zero-order valence-electron chi connectivity index (χ0n) is 16.1. The van der Waals surface area contributed by atoms with Gasteiger partial charge in [-0.05, 0) is 44.1 Å². The van der Waals surface area contributed by atoms with E-state index >= 15 is 0 Å². The van der Waals surface area contributed by atoms with Crippen LogP contribution in [0.2, 0.25) is 0 Å². The zero-order chi connectivity index (χ0) is 20.2. The Morgan fingerprint density at radius 2 is 1.69 bits per heavy atom. The molecule has 0 unspecified atom stereocenters. The number of amides is 1. The van der Waals surface area contributed by atoms with Gasteiger partial charge in [0.1, 0.15) is 19.0 Å². The summed E-state index contributed by atoms with van der Waals surface area (Å²) in [4.78, 5) is 27.8. The number of ether oxygens (including phenoxy) is 2. The molecule has 2 aliphatic heterocycles. The lowest BCUT2D eigenvalue weighted by atomic mass is 10.00. The number of hydrogen-bond donors (Lipinski definition) is 1. The van der Waals surface area contributed by atoms with Gasteiger partial charge >= 0.3 is 0 Å². The van der Waals surface area contributed by atoms with Crippen molar-refractivity contribution in [3.05, 3.63) is 53.3 Å². The van der Waals surface area contributed by atoms with Gasteiger partial charge in [0.05, 0.1) is 16.8 Å². The molecule has 4 rings (SSSR count). The second-order valence-corrected chi connectivity index (χ2v) is 7.20. The molecule has 0 radical (unpaired) electrons. The number of nitrogens with zero attached hydrogens (tertiary/aromatic N) is 1. The number of hydrogen-bond acceptors (Lipinski definition) is 5. The van der Waals surface area contributed by atoms with E-state index in [1.54, 1.807) is 12.1 Å². The first kappa shape index (κ1) is 19.4. The van der Waals surface area contributed by atoms with Gasteiger partial charge in [-0.2, -0.15) is 0 Å². The van der Waals surface area contributed by atoms with E-state index in [-0.39, 0.29) is 17.0 Å². The van der Waals surface area contributed by atoms with Crippen LogP contribution in [0.4, 0.5) is 10.1 Å². The second kappa shape index (κ2) is 8.61. The molecule has 1 amide bonds. The lowest BCUT2D eigenvalue weighted by Crippen LogP contribution is -2.25. The number of anilines is 1. The van der Waals surface area contributed by atoms with E-state index in [1.165, 1.54) is 24.3 Å². The smallest absolute Gasteiger partial charge is 0.225 e. The molecule has 29 heavy (non-hydrogen) atoms. The maximum Gasteiger partial charge on any atom is 0.225 e. The van der Waals surface area contributed by atoms with Crippen LogP contribution in [0.1, 0.15) is 35.2 Å². The highest BCUT2D eigenvalue weighted by Crippen LogP contribution is 2.37. The fraction of sp³-hybridized carbons (Fsp3) is 0.364. The highest BCUT2D eigenvalue weighted by molar-refractivity contribution is 6.14. The normalized spacial score (nSPS) is 15.9. The molecule has 0 bridgehead atoms. The summed E-state index contributed by atoms with van der Waals surface area (Å²) in [7, 11) is 0. The number of rotatable bonds is 6. The van der Waals surface area contributed by atoms with Crippen LogP contribution in [-0.2, 0) is 4.79 Å². The molecule has 1 fully saturated rings. The van der Waals surface area contributed by atoms with Gasteiger partial charge < -0.3 is 19.7 Å². The number of halogens is 1. The van der Waals surface area contributed by atoms with E-state index in [4.69, 9.17) is 9.47 Å². The molecule has 2 aliphatic rings. The highest BCUT2D eigenvalue weighted by Gasteiger charge is 2.24. The van der Waals surface area contributed by atoms with Gasteiger partial charge in [-0.1, -0.05) is 12.1 Å². The Kier molecular flexibility index (Phi) is 5.76. The van der Waals surface area contributed by atoms with Crippen LogP contribution in [0.5, 0.6) is 11.5 Å². The monoisotopic (exact) mass is 398 g/mol. The molecule has 7 heteroatoms. The van der Waals surface area contributed by atoms with E-state index in [0.29, 0.717) is 43.4 Å². The van der Waals surface area contributed by atoms with Gasteiger partial charge in [-0.25, -0.2) is 4.39 Å². The first-order chi connectivity index (χ1) is 14.1. The van der Waals surface area contributed by atoms with Crippen LogP contribution >= 0.6 is 0 Å². The fourth-order valence-corrected chi connectivity index (χ4v) is 3.65. The minimum absolute atomic E-state index is 0.0586. The quantitative estimate of drug-likeness (QED) is 0.757. The van der Waals surface area contributed by atoms with Gasteiger partial charge in [0.15, 0.2) is 17.3 Å². The van der Waals surface area contributed by atoms with Crippen LogP contribution in [-0.4, -0.2) is 49.4 Å². The number of fused-ring (bicyclic) bond motifs is 1. The molecule has 0 aromatic heterocycles. The van der Waals surface area contributed by atoms with Gasteiger partial charge in [-0.3, -0.25) is 9.59 Å². The molecule has 2 heterocycles. The Morgan fingerprint density at radius 3 is 2.41 bits per heavy atom. The summed E-state index contributed by atoms with van der Waals surface area (Å²) < 4.78 is 25.3. The number of likely N-dealkylation sites (tertiary alicyclic amines) is 1. The average Bonchev–Trinajstić information content (AvgIpc) is 3.25. The minimum Gasteiger partial charge on any atom is -0.486 e. The Hall–Kier alpha value is -2.93. The largest absolute Gasteiger partial charge is 0.486 e. The minimum atomic E-state index is -0.612. The van der Waals surface area contributed by atoms with Crippen LogP contribution in [0, 0.1) is 5.82 Å². The number of carbonyl (C=O) groups excluding carboxylic acids is 2. The third-order valence-electron chi connectivity index (χ3n) is 5.17. The Bertz CT molecular complexity index is 925. The third kappa shape index (κ3) is 4.40. The third-order valence-corrected chi connectivity index (χ3v) is 5.17. The van der Waals surface area contributed by atoms with Crippen molar-refractivity contribution >= 4 is 17.4 Å². The Labute approximate surface area is 168 Å². The highest BCUT2D eigenvalue weighted by atomic mass is 19.1. The fourth-order valence-electron chi connectivity index (χ4n) is 3.65. The van der Waals surface area contributed by atoms with Crippen molar-refractivity contribution in [2.24, 2.45) is 0 Å². The van der Waals surface area contributed by atoms with E-state index in [1.807, 2.05) is 0 Å². The number of carbonyl (C=O) groups is 2.